The summed E-state index contributed by atoms with van der Waals surface area (Å²) < 4.78 is 53.9. The zero-order valence-electron chi connectivity index (χ0n) is 22.9. The molecule has 2 atom stereocenters. The predicted molar refractivity (Wildman–Crippen MR) is 132 cm³/mol. The SMILES string of the molecule is [2H]C([2H])([2H])n1c(=O)n(CCC(C)(C)O)c2cc(Nc3nc(N4C[C@@H](C)C(F)(F)[C@@H](C)C4)ncc3Cl)cnc21. The van der Waals surface area contributed by atoms with Gasteiger partial charge in [-0.2, -0.15) is 4.98 Å². The number of piperidine rings is 1. The summed E-state index contributed by atoms with van der Waals surface area (Å²) in [7, 11) is 0. The number of anilines is 3. The summed E-state index contributed by atoms with van der Waals surface area (Å²) in [5.41, 5.74) is -1.30. The fraction of sp³-hybridized carbons (Fsp3) is 0.565. The minimum atomic E-state index is -2.79. The third-order valence-corrected chi connectivity index (χ3v) is 6.58. The lowest BCUT2D eigenvalue weighted by atomic mass is 9.87. The van der Waals surface area contributed by atoms with Crippen LogP contribution in [0.4, 0.5) is 26.2 Å². The number of alkyl halides is 2. The maximum atomic E-state index is 14.3. The summed E-state index contributed by atoms with van der Waals surface area (Å²) in [4.78, 5) is 27.6. The van der Waals surface area contributed by atoms with Crippen LogP contribution in [0.1, 0.15) is 38.2 Å². The fourth-order valence-corrected chi connectivity index (χ4v) is 4.30. The van der Waals surface area contributed by atoms with E-state index >= 15 is 0 Å². The van der Waals surface area contributed by atoms with Gasteiger partial charge in [-0.05, 0) is 26.3 Å². The van der Waals surface area contributed by atoms with Crippen molar-refractivity contribution in [3.63, 3.8) is 0 Å². The van der Waals surface area contributed by atoms with E-state index in [-0.39, 0.29) is 54.0 Å². The first-order valence-corrected chi connectivity index (χ1v) is 11.6. The van der Waals surface area contributed by atoms with Gasteiger partial charge < -0.3 is 15.3 Å². The first-order chi connectivity index (χ1) is 17.5. The van der Waals surface area contributed by atoms with Gasteiger partial charge in [-0.3, -0.25) is 9.13 Å². The van der Waals surface area contributed by atoms with Crippen LogP contribution in [-0.4, -0.2) is 53.8 Å². The molecule has 9 nitrogen and oxygen atoms in total. The number of halogens is 3. The van der Waals surface area contributed by atoms with E-state index in [1.165, 1.54) is 30.8 Å². The summed E-state index contributed by atoms with van der Waals surface area (Å²) in [6.45, 7) is 3.59. The van der Waals surface area contributed by atoms with Gasteiger partial charge in [0.2, 0.25) is 5.95 Å². The molecule has 1 fully saturated rings. The van der Waals surface area contributed by atoms with Gasteiger partial charge in [0, 0.05) is 42.6 Å². The molecule has 0 aromatic carbocycles. The third-order valence-electron chi connectivity index (χ3n) is 6.30. The quantitative estimate of drug-likeness (QED) is 0.518. The van der Waals surface area contributed by atoms with Crippen molar-refractivity contribution in [1.82, 2.24) is 24.1 Å². The van der Waals surface area contributed by atoms with Gasteiger partial charge in [0.05, 0.1) is 29.2 Å². The molecule has 4 heterocycles. The average Bonchev–Trinajstić information content (AvgIpc) is 3.07. The Labute approximate surface area is 211 Å². The number of aliphatic hydroxyl groups is 1. The second-order valence-electron chi connectivity index (χ2n) is 9.77. The molecule has 0 aliphatic carbocycles. The van der Waals surface area contributed by atoms with Gasteiger partial charge in [0.15, 0.2) is 11.5 Å². The molecule has 35 heavy (non-hydrogen) atoms. The van der Waals surface area contributed by atoms with Crippen LogP contribution in [-0.2, 0) is 13.5 Å². The van der Waals surface area contributed by atoms with Crippen molar-refractivity contribution in [3.8, 4) is 0 Å². The Kier molecular flexibility index (Phi) is 5.54. The number of aryl methyl sites for hydroxylation is 2. The first-order valence-electron chi connectivity index (χ1n) is 12.8. The molecule has 0 spiro atoms. The topological polar surface area (TPSA) is 101 Å². The van der Waals surface area contributed by atoms with Crippen LogP contribution in [0.5, 0.6) is 0 Å². The molecule has 1 aliphatic rings. The number of nitrogens with zero attached hydrogens (tertiary/aromatic N) is 6. The number of hydrogen-bond acceptors (Lipinski definition) is 7. The Hall–Kier alpha value is -2.79. The summed E-state index contributed by atoms with van der Waals surface area (Å²) >= 11 is 6.32. The van der Waals surface area contributed by atoms with Crippen LogP contribution in [0.15, 0.2) is 23.3 Å². The van der Waals surface area contributed by atoms with Crippen LogP contribution in [0, 0.1) is 11.8 Å². The van der Waals surface area contributed by atoms with Crippen LogP contribution in [0.25, 0.3) is 11.2 Å². The Balaban J connectivity index is 1.70. The first kappa shape index (κ1) is 21.5. The number of rotatable bonds is 6. The highest BCUT2D eigenvalue weighted by Gasteiger charge is 2.47. The lowest BCUT2D eigenvalue weighted by Gasteiger charge is -2.41. The van der Waals surface area contributed by atoms with Crippen LogP contribution < -0.4 is 15.9 Å². The van der Waals surface area contributed by atoms with Gasteiger partial charge in [-0.15, -0.1) is 0 Å². The minimum absolute atomic E-state index is 0.0389. The molecule has 0 unspecified atom stereocenters. The number of imidazole rings is 1. The van der Waals surface area contributed by atoms with E-state index < -0.39 is 36.0 Å². The van der Waals surface area contributed by atoms with E-state index in [1.54, 1.807) is 24.8 Å². The van der Waals surface area contributed by atoms with Crippen molar-refractivity contribution in [1.29, 1.82) is 0 Å². The Morgan fingerprint density at radius 2 is 1.97 bits per heavy atom. The summed E-state index contributed by atoms with van der Waals surface area (Å²) in [6.07, 6.45) is 2.90. The van der Waals surface area contributed by atoms with Crippen LogP contribution >= 0.6 is 11.6 Å². The molecule has 2 N–H and O–H groups in total. The van der Waals surface area contributed by atoms with E-state index in [4.69, 9.17) is 15.7 Å². The van der Waals surface area contributed by atoms with Crippen LogP contribution in [0.2, 0.25) is 5.02 Å². The monoisotopic (exact) mass is 512 g/mol. The number of fused-ring (bicyclic) bond motifs is 1. The second-order valence-corrected chi connectivity index (χ2v) is 10.2. The van der Waals surface area contributed by atoms with Crippen molar-refractivity contribution in [2.24, 2.45) is 18.8 Å². The molecule has 1 saturated heterocycles. The van der Waals surface area contributed by atoms with Crippen molar-refractivity contribution < 1.29 is 18.0 Å². The number of nitrogens with one attached hydrogen (secondary N) is 1. The zero-order chi connectivity index (χ0) is 28.2. The largest absolute Gasteiger partial charge is 0.390 e. The smallest absolute Gasteiger partial charge is 0.330 e. The summed E-state index contributed by atoms with van der Waals surface area (Å²) in [5.74, 6) is -4.16. The van der Waals surface area contributed by atoms with Crippen LogP contribution in [0.3, 0.4) is 0 Å². The van der Waals surface area contributed by atoms with Gasteiger partial charge >= 0.3 is 5.69 Å². The summed E-state index contributed by atoms with van der Waals surface area (Å²) in [5, 5.41) is 13.3. The van der Waals surface area contributed by atoms with Gasteiger partial charge in [0.1, 0.15) is 5.02 Å². The molecule has 12 heteroatoms. The lowest BCUT2D eigenvalue weighted by Crippen LogP contribution is -2.52. The number of hydrogen-bond donors (Lipinski definition) is 2. The maximum absolute atomic E-state index is 14.3. The van der Waals surface area contributed by atoms with E-state index in [2.05, 4.69) is 20.3 Å². The van der Waals surface area contributed by atoms with Crippen molar-refractivity contribution >= 4 is 40.2 Å². The molecule has 0 bridgehead atoms. The minimum Gasteiger partial charge on any atom is -0.390 e. The molecular formula is C23H30ClF2N7O2. The molecular weight excluding hydrogens is 480 g/mol. The maximum Gasteiger partial charge on any atom is 0.330 e. The highest BCUT2D eigenvalue weighted by molar-refractivity contribution is 6.32. The molecule has 0 saturated carbocycles. The highest BCUT2D eigenvalue weighted by Crippen LogP contribution is 2.38. The molecule has 0 radical (unpaired) electrons. The zero-order valence-corrected chi connectivity index (χ0v) is 20.6. The molecule has 190 valence electrons. The molecule has 1 aliphatic heterocycles. The predicted octanol–water partition coefficient (Wildman–Crippen LogP) is 3.81. The van der Waals surface area contributed by atoms with E-state index in [0.717, 1.165) is 0 Å². The number of pyridine rings is 1. The second kappa shape index (κ2) is 9.02. The van der Waals surface area contributed by atoms with Gasteiger partial charge in [-0.25, -0.2) is 23.5 Å². The standard InChI is InChI=1S/C23H30ClF2N7O2/c1-13-11-32(12-14(2)23(13,25)26)20-28-10-16(24)18(30-20)29-15-8-17-19(27-9-15)31(5)21(34)33(17)7-6-22(3,4)35/h8-10,13-14,35H,6-7,11-12H2,1-5H3,(H,28,29,30)/t13-,14+/i5D3. The van der Waals surface area contributed by atoms with E-state index in [0.29, 0.717) is 10.3 Å². The van der Waals surface area contributed by atoms with Crippen molar-refractivity contribution in [2.75, 3.05) is 23.3 Å². The van der Waals surface area contributed by atoms with Gasteiger partial charge in [-0.1, -0.05) is 25.4 Å². The normalized spacial score (nSPS) is 22.1. The molecule has 3 aromatic rings. The molecule has 3 aromatic heterocycles. The van der Waals surface area contributed by atoms with Crippen molar-refractivity contribution in [3.05, 3.63) is 34.0 Å². The highest BCUT2D eigenvalue weighted by atomic mass is 35.5. The third kappa shape index (κ3) is 4.97. The Morgan fingerprint density at radius 3 is 2.60 bits per heavy atom. The van der Waals surface area contributed by atoms with E-state index in [9.17, 15) is 18.7 Å². The Bertz CT molecular complexity index is 1390. The average molecular weight is 513 g/mol. The summed E-state index contributed by atoms with van der Waals surface area (Å²) in [6, 6.07) is 1.54. The van der Waals surface area contributed by atoms with E-state index in [1.807, 2.05) is 0 Å². The lowest BCUT2D eigenvalue weighted by molar-refractivity contribution is -0.105. The number of aromatic nitrogens is 5. The molecule has 0 amide bonds. The van der Waals surface area contributed by atoms with Crippen molar-refractivity contribution in [2.45, 2.75) is 52.2 Å². The van der Waals surface area contributed by atoms with Gasteiger partial charge in [0.25, 0.3) is 5.92 Å². The fourth-order valence-electron chi connectivity index (χ4n) is 4.16. The molecule has 4 rings (SSSR count). The Morgan fingerprint density at radius 1 is 1.29 bits per heavy atom.